The topological polar surface area (TPSA) is 50.4 Å². The highest BCUT2D eigenvalue weighted by molar-refractivity contribution is 8.00. The van der Waals surface area contributed by atoms with Crippen LogP contribution in [0.4, 0.5) is 0 Å². The third-order valence-electron chi connectivity index (χ3n) is 3.18. The van der Waals surface area contributed by atoms with Crippen LogP contribution in [0.3, 0.4) is 0 Å². The van der Waals surface area contributed by atoms with Crippen molar-refractivity contribution in [1.82, 2.24) is 10.6 Å². The lowest BCUT2D eigenvalue weighted by molar-refractivity contribution is -0.126. The monoisotopic (exact) mass is 244 g/mol. The quantitative estimate of drug-likeness (QED) is 0.753. The third kappa shape index (κ3) is 3.12. The van der Waals surface area contributed by atoms with Gasteiger partial charge in [-0.15, -0.1) is 0 Å². The average molecular weight is 244 g/mol. The zero-order valence-corrected chi connectivity index (χ0v) is 10.6. The third-order valence-corrected chi connectivity index (χ3v) is 4.71. The molecule has 2 saturated heterocycles. The van der Waals surface area contributed by atoms with Gasteiger partial charge in [-0.3, -0.25) is 4.79 Å². The number of rotatable bonds is 3. The van der Waals surface area contributed by atoms with E-state index in [1.54, 1.807) is 0 Å². The Kier molecular flexibility index (Phi) is 4.10. The minimum Gasteiger partial charge on any atom is -0.378 e. The van der Waals surface area contributed by atoms with Gasteiger partial charge in [0.15, 0.2) is 0 Å². The van der Waals surface area contributed by atoms with Crippen molar-refractivity contribution in [2.45, 2.75) is 30.6 Å². The maximum absolute atomic E-state index is 11.8. The Hall–Kier alpha value is -0.260. The summed E-state index contributed by atoms with van der Waals surface area (Å²) in [7, 11) is 0. The highest BCUT2D eigenvalue weighted by Gasteiger charge is 2.31. The van der Waals surface area contributed by atoms with Gasteiger partial charge in [0, 0.05) is 17.8 Å². The van der Waals surface area contributed by atoms with Gasteiger partial charge in [-0.2, -0.15) is 11.8 Å². The molecule has 92 valence electrons. The number of carbonyl (C=O) groups excluding carboxylic acids is 1. The molecule has 0 radical (unpaired) electrons. The first kappa shape index (κ1) is 12.2. The molecule has 2 unspecified atom stereocenters. The molecule has 2 aliphatic rings. The summed E-state index contributed by atoms with van der Waals surface area (Å²) >= 11 is 1.97. The molecule has 0 aromatic rings. The van der Waals surface area contributed by atoms with E-state index in [1.807, 2.05) is 11.8 Å². The number of nitrogens with one attached hydrogen (secondary N) is 2. The van der Waals surface area contributed by atoms with Crippen LogP contribution < -0.4 is 10.6 Å². The van der Waals surface area contributed by atoms with Crippen LogP contribution >= 0.6 is 11.8 Å². The van der Waals surface area contributed by atoms with Gasteiger partial charge >= 0.3 is 0 Å². The number of hydrogen-bond donors (Lipinski definition) is 2. The molecule has 16 heavy (non-hydrogen) atoms. The lowest BCUT2D eigenvalue weighted by atomic mass is 10.1. The van der Waals surface area contributed by atoms with Gasteiger partial charge in [0.25, 0.3) is 0 Å². The first-order valence-electron chi connectivity index (χ1n) is 5.92. The summed E-state index contributed by atoms with van der Waals surface area (Å²) in [5.74, 6) is 1.30. The van der Waals surface area contributed by atoms with Crippen molar-refractivity contribution in [1.29, 1.82) is 0 Å². The molecule has 2 heterocycles. The Bertz CT molecular complexity index is 248. The molecule has 4 nitrogen and oxygen atoms in total. The predicted molar refractivity (Wildman–Crippen MR) is 65.7 cm³/mol. The molecule has 0 saturated carbocycles. The smallest absolute Gasteiger partial charge is 0.239 e. The van der Waals surface area contributed by atoms with Gasteiger partial charge in [-0.1, -0.05) is 0 Å². The molecule has 2 atom stereocenters. The second-order valence-corrected chi connectivity index (χ2v) is 6.38. The van der Waals surface area contributed by atoms with Gasteiger partial charge in [0.1, 0.15) is 6.04 Å². The molecule has 0 aliphatic carbocycles. The molecule has 2 N–H and O–H groups in total. The fourth-order valence-electron chi connectivity index (χ4n) is 2.11. The predicted octanol–water partition coefficient (Wildman–Crippen LogP) is 0.377. The standard InChI is InChI=1S/C11H20N2O2S/c1-11(3-2-6-16-11)8-13-10(14)9-7-15-5-4-12-9/h9,12H,2-8H2,1H3,(H,13,14). The molecule has 2 aliphatic heterocycles. The summed E-state index contributed by atoms with van der Waals surface area (Å²) in [6, 6.07) is -0.163. The van der Waals surface area contributed by atoms with Crippen LogP contribution in [0, 0.1) is 0 Å². The van der Waals surface area contributed by atoms with Crippen LogP contribution in [0.1, 0.15) is 19.8 Å². The molecule has 1 amide bonds. The van der Waals surface area contributed by atoms with E-state index >= 15 is 0 Å². The molecular weight excluding hydrogens is 224 g/mol. The van der Waals surface area contributed by atoms with Crippen molar-refractivity contribution in [2.24, 2.45) is 0 Å². The van der Waals surface area contributed by atoms with Crippen molar-refractivity contribution in [3.05, 3.63) is 0 Å². The van der Waals surface area contributed by atoms with Gasteiger partial charge in [-0.25, -0.2) is 0 Å². The number of hydrogen-bond acceptors (Lipinski definition) is 4. The molecule has 0 aromatic heterocycles. The summed E-state index contributed by atoms with van der Waals surface area (Å²) in [5.41, 5.74) is 0. The number of morpholine rings is 1. The van der Waals surface area contributed by atoms with Crippen molar-refractivity contribution in [3.8, 4) is 0 Å². The second kappa shape index (κ2) is 5.38. The van der Waals surface area contributed by atoms with Gasteiger partial charge < -0.3 is 15.4 Å². The van der Waals surface area contributed by atoms with Crippen LogP contribution in [0.15, 0.2) is 0 Å². The van der Waals surface area contributed by atoms with E-state index in [2.05, 4.69) is 17.6 Å². The normalized spacial score (nSPS) is 34.9. The summed E-state index contributed by atoms with van der Waals surface area (Å²) in [5, 5.41) is 6.20. The largest absolute Gasteiger partial charge is 0.378 e. The number of carbonyl (C=O) groups is 1. The molecule has 0 bridgehead atoms. The number of ether oxygens (including phenoxy) is 1. The maximum Gasteiger partial charge on any atom is 0.239 e. The molecule has 0 spiro atoms. The summed E-state index contributed by atoms with van der Waals surface area (Å²) in [4.78, 5) is 11.8. The minimum absolute atomic E-state index is 0.0772. The summed E-state index contributed by atoms with van der Waals surface area (Å²) in [6.45, 7) is 4.97. The molecular formula is C11H20N2O2S. The Labute approximate surface area is 101 Å². The molecule has 5 heteroatoms. The first-order chi connectivity index (χ1) is 7.70. The highest BCUT2D eigenvalue weighted by Crippen LogP contribution is 2.36. The summed E-state index contributed by atoms with van der Waals surface area (Å²) < 4.78 is 5.51. The van der Waals surface area contributed by atoms with E-state index in [9.17, 15) is 4.79 Å². The van der Waals surface area contributed by atoms with E-state index in [4.69, 9.17) is 4.74 Å². The van der Waals surface area contributed by atoms with Crippen LogP contribution in [-0.2, 0) is 9.53 Å². The van der Waals surface area contributed by atoms with Gasteiger partial charge in [0.2, 0.25) is 5.91 Å². The first-order valence-corrected chi connectivity index (χ1v) is 6.91. The lowest BCUT2D eigenvalue weighted by Gasteiger charge is -2.27. The summed E-state index contributed by atoms with van der Waals surface area (Å²) in [6.07, 6.45) is 2.47. The van der Waals surface area contributed by atoms with Crippen molar-refractivity contribution < 1.29 is 9.53 Å². The van der Waals surface area contributed by atoms with Crippen LogP contribution in [0.5, 0.6) is 0 Å². The lowest BCUT2D eigenvalue weighted by Crippen LogP contribution is -2.53. The SMILES string of the molecule is CC1(CNC(=O)C2COCCN2)CCCS1. The van der Waals surface area contributed by atoms with Crippen molar-refractivity contribution in [3.63, 3.8) is 0 Å². The molecule has 0 aromatic carbocycles. The molecule has 2 fully saturated rings. The van der Waals surface area contributed by atoms with Crippen LogP contribution in [0.25, 0.3) is 0 Å². The Morgan fingerprint density at radius 2 is 2.56 bits per heavy atom. The zero-order chi connectivity index (χ0) is 11.4. The van der Waals surface area contributed by atoms with E-state index in [0.717, 1.165) is 13.1 Å². The molecule has 2 rings (SSSR count). The fourth-order valence-corrected chi connectivity index (χ4v) is 3.35. The van der Waals surface area contributed by atoms with E-state index in [1.165, 1.54) is 18.6 Å². The zero-order valence-electron chi connectivity index (χ0n) is 9.75. The van der Waals surface area contributed by atoms with Crippen molar-refractivity contribution in [2.75, 3.05) is 32.1 Å². The van der Waals surface area contributed by atoms with E-state index < -0.39 is 0 Å². The highest BCUT2D eigenvalue weighted by atomic mass is 32.2. The Morgan fingerprint density at radius 3 is 3.19 bits per heavy atom. The fraction of sp³-hybridized carbons (Fsp3) is 0.909. The van der Waals surface area contributed by atoms with Gasteiger partial charge in [-0.05, 0) is 25.5 Å². The van der Waals surface area contributed by atoms with Crippen molar-refractivity contribution >= 4 is 17.7 Å². The van der Waals surface area contributed by atoms with Gasteiger partial charge in [0.05, 0.1) is 13.2 Å². The van der Waals surface area contributed by atoms with E-state index in [-0.39, 0.29) is 16.7 Å². The Balaban J connectivity index is 1.74. The average Bonchev–Trinajstić information content (AvgIpc) is 2.75. The van der Waals surface area contributed by atoms with Crippen LogP contribution in [0.2, 0.25) is 0 Å². The number of amides is 1. The number of thioether (sulfide) groups is 1. The maximum atomic E-state index is 11.8. The Morgan fingerprint density at radius 1 is 1.69 bits per heavy atom. The van der Waals surface area contributed by atoms with E-state index in [0.29, 0.717) is 13.2 Å². The minimum atomic E-state index is -0.163. The van der Waals surface area contributed by atoms with Crippen LogP contribution in [-0.4, -0.2) is 48.8 Å². The second-order valence-electron chi connectivity index (χ2n) is 4.70.